The largest absolute Gasteiger partial charge is 0.484 e. The van der Waals surface area contributed by atoms with Gasteiger partial charge in [-0.25, -0.2) is 12.7 Å². The van der Waals surface area contributed by atoms with Crippen molar-refractivity contribution < 1.29 is 36.2 Å². The van der Waals surface area contributed by atoms with E-state index in [0.29, 0.717) is 0 Å². The van der Waals surface area contributed by atoms with E-state index in [-0.39, 0.29) is 17.2 Å². The summed E-state index contributed by atoms with van der Waals surface area (Å²) in [6.07, 6.45) is -4.49. The summed E-state index contributed by atoms with van der Waals surface area (Å²) in [6, 6.07) is 4.41. The molecule has 0 bridgehead atoms. The lowest BCUT2D eigenvalue weighted by Crippen LogP contribution is -2.33. The molecule has 0 spiro atoms. The highest BCUT2D eigenvalue weighted by atomic mass is 32.2. The van der Waals surface area contributed by atoms with Gasteiger partial charge in [-0.3, -0.25) is 4.79 Å². The second-order valence-corrected chi connectivity index (χ2v) is 6.94. The number of alkyl halides is 3. The number of halogens is 3. The van der Waals surface area contributed by atoms with Crippen molar-refractivity contribution in [1.82, 2.24) is 4.31 Å². The van der Waals surface area contributed by atoms with Gasteiger partial charge in [0.2, 0.25) is 10.0 Å². The SMILES string of the molecule is CC(CN(C)S(=O)(=O)c1ccc(OCC(F)(F)F)cc1)C(=O)O. The van der Waals surface area contributed by atoms with Crippen LogP contribution in [0, 0.1) is 5.92 Å². The molecule has 1 N–H and O–H groups in total. The first-order valence-electron chi connectivity index (χ1n) is 6.42. The summed E-state index contributed by atoms with van der Waals surface area (Å²) in [5.41, 5.74) is 0. The van der Waals surface area contributed by atoms with Crippen LogP contribution >= 0.6 is 0 Å². The fourth-order valence-electron chi connectivity index (χ4n) is 1.61. The average molecular weight is 355 g/mol. The predicted molar refractivity (Wildman–Crippen MR) is 74.6 cm³/mol. The second kappa shape index (κ2) is 7.18. The molecule has 1 aromatic rings. The van der Waals surface area contributed by atoms with Crippen LogP contribution in [0.1, 0.15) is 6.92 Å². The molecule has 1 atom stereocenters. The van der Waals surface area contributed by atoms with E-state index in [4.69, 9.17) is 5.11 Å². The fourth-order valence-corrected chi connectivity index (χ4v) is 2.87. The highest BCUT2D eigenvalue weighted by Gasteiger charge is 2.29. The molecule has 1 rings (SSSR count). The van der Waals surface area contributed by atoms with E-state index in [9.17, 15) is 26.4 Å². The summed E-state index contributed by atoms with van der Waals surface area (Å²) in [7, 11) is -2.71. The van der Waals surface area contributed by atoms with Gasteiger partial charge in [0, 0.05) is 13.6 Å². The van der Waals surface area contributed by atoms with Gasteiger partial charge >= 0.3 is 12.1 Å². The standard InChI is InChI=1S/C13H16F3NO5S/c1-9(12(18)19)7-17(2)23(20,21)11-5-3-10(4-6-11)22-8-13(14,15)16/h3-6,9H,7-8H2,1-2H3,(H,18,19). The smallest absolute Gasteiger partial charge is 0.422 e. The zero-order valence-corrected chi connectivity index (χ0v) is 13.2. The Labute approximate surface area is 131 Å². The molecule has 0 aromatic heterocycles. The van der Waals surface area contributed by atoms with Crippen LogP contribution in [0.2, 0.25) is 0 Å². The normalized spacial score (nSPS) is 13.8. The van der Waals surface area contributed by atoms with Gasteiger partial charge in [0.05, 0.1) is 10.8 Å². The summed E-state index contributed by atoms with van der Waals surface area (Å²) in [4.78, 5) is 10.6. The molecule has 0 saturated heterocycles. The van der Waals surface area contributed by atoms with Crippen LogP contribution in [-0.2, 0) is 14.8 Å². The molecule has 0 aliphatic carbocycles. The molecule has 0 radical (unpaired) electrons. The molecule has 23 heavy (non-hydrogen) atoms. The Morgan fingerprint density at radius 3 is 2.26 bits per heavy atom. The van der Waals surface area contributed by atoms with Crippen LogP contribution in [0.4, 0.5) is 13.2 Å². The average Bonchev–Trinajstić information content (AvgIpc) is 2.44. The van der Waals surface area contributed by atoms with Crippen LogP contribution in [-0.4, -0.2) is 50.2 Å². The van der Waals surface area contributed by atoms with Crippen molar-refractivity contribution in [2.24, 2.45) is 5.92 Å². The lowest BCUT2D eigenvalue weighted by atomic mass is 10.2. The van der Waals surface area contributed by atoms with Crippen LogP contribution in [0.15, 0.2) is 29.2 Å². The Morgan fingerprint density at radius 2 is 1.83 bits per heavy atom. The first kappa shape index (κ1) is 19.2. The molecule has 0 amide bonds. The number of carboxylic acid groups (broad SMARTS) is 1. The second-order valence-electron chi connectivity index (χ2n) is 4.90. The van der Waals surface area contributed by atoms with Gasteiger partial charge < -0.3 is 9.84 Å². The van der Waals surface area contributed by atoms with E-state index in [1.54, 1.807) is 0 Å². The van der Waals surface area contributed by atoms with Gasteiger partial charge in [-0.1, -0.05) is 6.92 Å². The Morgan fingerprint density at radius 1 is 1.30 bits per heavy atom. The number of sulfonamides is 1. The maximum Gasteiger partial charge on any atom is 0.422 e. The summed E-state index contributed by atoms with van der Waals surface area (Å²) >= 11 is 0. The Hall–Kier alpha value is -1.81. The van der Waals surface area contributed by atoms with E-state index in [2.05, 4.69) is 4.74 Å². The van der Waals surface area contributed by atoms with E-state index >= 15 is 0 Å². The number of aliphatic carboxylic acids is 1. The molecule has 0 fully saturated rings. The van der Waals surface area contributed by atoms with Crippen LogP contribution in [0.5, 0.6) is 5.75 Å². The van der Waals surface area contributed by atoms with E-state index in [1.165, 1.54) is 14.0 Å². The molecule has 0 saturated carbocycles. The molecule has 10 heteroatoms. The predicted octanol–water partition coefficient (Wildman–Crippen LogP) is 1.97. The molecular weight excluding hydrogens is 339 g/mol. The number of hydrogen-bond donors (Lipinski definition) is 1. The Balaban J connectivity index is 2.83. The number of rotatable bonds is 7. The third kappa shape index (κ3) is 5.71. The molecule has 0 heterocycles. The van der Waals surface area contributed by atoms with Crippen LogP contribution < -0.4 is 4.74 Å². The zero-order chi connectivity index (χ0) is 17.8. The summed E-state index contributed by atoms with van der Waals surface area (Å²) < 4.78 is 65.9. The first-order valence-corrected chi connectivity index (χ1v) is 7.86. The van der Waals surface area contributed by atoms with Gasteiger partial charge in [0.1, 0.15) is 5.75 Å². The number of carboxylic acids is 1. The first-order chi connectivity index (χ1) is 10.4. The van der Waals surface area contributed by atoms with Crippen molar-refractivity contribution in [2.45, 2.75) is 18.0 Å². The van der Waals surface area contributed by atoms with E-state index in [1.807, 2.05) is 0 Å². The van der Waals surface area contributed by atoms with Crippen molar-refractivity contribution in [1.29, 1.82) is 0 Å². The van der Waals surface area contributed by atoms with Crippen molar-refractivity contribution in [2.75, 3.05) is 20.2 Å². The molecular formula is C13H16F3NO5S. The number of benzene rings is 1. The van der Waals surface area contributed by atoms with Crippen molar-refractivity contribution in [3.05, 3.63) is 24.3 Å². The third-order valence-corrected chi connectivity index (χ3v) is 4.72. The van der Waals surface area contributed by atoms with Gasteiger partial charge in [0.15, 0.2) is 6.61 Å². The molecule has 1 unspecified atom stereocenters. The minimum Gasteiger partial charge on any atom is -0.484 e. The Bertz CT molecular complexity index is 643. The highest BCUT2D eigenvalue weighted by molar-refractivity contribution is 7.89. The summed E-state index contributed by atoms with van der Waals surface area (Å²) in [5, 5.41) is 8.80. The lowest BCUT2D eigenvalue weighted by Gasteiger charge is -2.19. The molecule has 6 nitrogen and oxygen atoms in total. The number of carbonyl (C=O) groups is 1. The molecule has 0 aliphatic rings. The van der Waals surface area contributed by atoms with Crippen molar-refractivity contribution in [3.8, 4) is 5.75 Å². The minimum absolute atomic E-state index is 0.122. The van der Waals surface area contributed by atoms with Crippen LogP contribution in [0.3, 0.4) is 0 Å². The monoisotopic (exact) mass is 355 g/mol. The molecule has 130 valence electrons. The van der Waals surface area contributed by atoms with E-state index in [0.717, 1.165) is 28.6 Å². The highest BCUT2D eigenvalue weighted by Crippen LogP contribution is 2.22. The number of nitrogens with zero attached hydrogens (tertiary/aromatic N) is 1. The minimum atomic E-state index is -4.49. The maximum atomic E-state index is 12.2. The van der Waals surface area contributed by atoms with Crippen LogP contribution in [0.25, 0.3) is 0 Å². The summed E-state index contributed by atoms with van der Waals surface area (Å²) in [5.74, 6) is -2.16. The topological polar surface area (TPSA) is 83.9 Å². The quantitative estimate of drug-likeness (QED) is 0.808. The molecule has 1 aromatic carbocycles. The zero-order valence-electron chi connectivity index (χ0n) is 12.4. The van der Waals surface area contributed by atoms with Gasteiger partial charge in [-0.2, -0.15) is 13.2 Å². The van der Waals surface area contributed by atoms with Gasteiger partial charge in [-0.05, 0) is 24.3 Å². The maximum absolute atomic E-state index is 12.2. The Kier molecular flexibility index (Phi) is 6.00. The van der Waals surface area contributed by atoms with Crippen molar-refractivity contribution in [3.63, 3.8) is 0 Å². The van der Waals surface area contributed by atoms with Gasteiger partial charge in [0.25, 0.3) is 0 Å². The molecule has 0 aliphatic heterocycles. The third-order valence-electron chi connectivity index (χ3n) is 2.89. The van der Waals surface area contributed by atoms with E-state index < -0.39 is 34.7 Å². The van der Waals surface area contributed by atoms with Gasteiger partial charge in [-0.15, -0.1) is 0 Å². The fraction of sp³-hybridized carbons (Fsp3) is 0.462. The number of ether oxygens (including phenoxy) is 1. The summed E-state index contributed by atoms with van der Waals surface area (Å²) in [6.45, 7) is -0.346. The van der Waals surface area contributed by atoms with Crippen molar-refractivity contribution >= 4 is 16.0 Å². The number of hydrogen-bond acceptors (Lipinski definition) is 4. The lowest BCUT2D eigenvalue weighted by molar-refractivity contribution is -0.153.